The minimum atomic E-state index is -0.00704. The summed E-state index contributed by atoms with van der Waals surface area (Å²) < 4.78 is 2.18. The number of carbonyl (C=O) groups is 1. The van der Waals surface area contributed by atoms with E-state index in [0.717, 1.165) is 24.5 Å². The summed E-state index contributed by atoms with van der Waals surface area (Å²) >= 11 is 0. The number of imidazole rings is 1. The first-order valence-electron chi connectivity index (χ1n) is 6.00. The number of fused-ring (bicyclic) bond motifs is 1. The van der Waals surface area contributed by atoms with Gasteiger partial charge < -0.3 is 9.47 Å². The van der Waals surface area contributed by atoms with Gasteiger partial charge in [-0.2, -0.15) is 0 Å². The summed E-state index contributed by atoms with van der Waals surface area (Å²) in [5.74, 6) is 1.50. The lowest BCUT2D eigenvalue weighted by atomic mass is 10.1. The molecule has 0 N–H and O–H groups in total. The Bertz CT molecular complexity index is 459. The van der Waals surface area contributed by atoms with Crippen LogP contribution in [0.25, 0.3) is 0 Å². The van der Waals surface area contributed by atoms with E-state index in [1.165, 1.54) is 11.8 Å². The van der Waals surface area contributed by atoms with Crippen LogP contribution in [0.3, 0.4) is 0 Å². The van der Waals surface area contributed by atoms with Crippen LogP contribution >= 0.6 is 0 Å². The van der Waals surface area contributed by atoms with E-state index in [9.17, 15) is 4.79 Å². The van der Waals surface area contributed by atoms with E-state index < -0.39 is 0 Å². The van der Waals surface area contributed by atoms with Crippen LogP contribution in [0.15, 0.2) is 12.7 Å². The van der Waals surface area contributed by atoms with Crippen LogP contribution in [-0.4, -0.2) is 26.9 Å². The molecule has 1 aromatic heterocycles. The van der Waals surface area contributed by atoms with Gasteiger partial charge in [-0.05, 0) is 6.08 Å². The molecule has 1 aromatic rings. The first kappa shape index (κ1) is 11.9. The quantitative estimate of drug-likeness (QED) is 0.728. The molecule has 4 nitrogen and oxygen atoms in total. The van der Waals surface area contributed by atoms with Crippen molar-refractivity contribution in [3.05, 3.63) is 29.9 Å². The highest BCUT2D eigenvalue weighted by Crippen LogP contribution is 2.23. The van der Waals surface area contributed by atoms with Crippen LogP contribution in [-0.2, 0) is 24.8 Å². The number of amides is 1. The second-order valence-corrected chi connectivity index (χ2v) is 4.79. The van der Waals surface area contributed by atoms with Gasteiger partial charge in [-0.25, -0.2) is 4.98 Å². The molecule has 1 amide bonds. The number of hydrogen-bond acceptors (Lipinski definition) is 2. The molecule has 1 aliphatic rings. The Morgan fingerprint density at radius 3 is 2.82 bits per heavy atom. The van der Waals surface area contributed by atoms with E-state index in [-0.39, 0.29) is 5.91 Å². The van der Waals surface area contributed by atoms with Crippen molar-refractivity contribution in [2.75, 3.05) is 6.54 Å². The topological polar surface area (TPSA) is 38.1 Å². The number of hydrogen-bond donors (Lipinski definition) is 0. The normalized spacial score (nSPS) is 14.9. The van der Waals surface area contributed by atoms with Crippen molar-refractivity contribution in [1.82, 2.24) is 14.5 Å². The lowest BCUT2D eigenvalue weighted by Crippen LogP contribution is -2.35. The zero-order chi connectivity index (χ0) is 12.6. The van der Waals surface area contributed by atoms with Crippen LogP contribution in [0.1, 0.15) is 37.0 Å². The van der Waals surface area contributed by atoms with E-state index in [4.69, 9.17) is 0 Å². The van der Waals surface area contributed by atoms with Gasteiger partial charge in [-0.15, -0.1) is 0 Å². The van der Waals surface area contributed by atoms with Crippen LogP contribution in [0, 0.1) is 0 Å². The van der Waals surface area contributed by atoms with Gasteiger partial charge >= 0.3 is 0 Å². The number of rotatable bonds is 2. The molecule has 0 saturated heterocycles. The predicted molar refractivity (Wildman–Crippen MR) is 66.6 cm³/mol. The molecule has 0 radical (unpaired) electrons. The van der Waals surface area contributed by atoms with Crippen molar-refractivity contribution in [3.8, 4) is 0 Å². The SMILES string of the molecule is C=CC(=O)N1CCc2c(nc(C(C)C)n2C)C1. The molecular weight excluding hydrogens is 214 g/mol. The zero-order valence-corrected chi connectivity index (χ0v) is 10.7. The Labute approximate surface area is 102 Å². The second kappa shape index (κ2) is 4.35. The van der Waals surface area contributed by atoms with Crippen molar-refractivity contribution in [2.45, 2.75) is 32.7 Å². The number of nitrogens with zero attached hydrogens (tertiary/aromatic N) is 3. The zero-order valence-electron chi connectivity index (χ0n) is 10.7. The van der Waals surface area contributed by atoms with Gasteiger partial charge in [0.2, 0.25) is 5.91 Å². The lowest BCUT2D eigenvalue weighted by Gasteiger charge is -2.25. The van der Waals surface area contributed by atoms with Gasteiger partial charge in [-0.3, -0.25) is 4.79 Å². The number of aromatic nitrogens is 2. The second-order valence-electron chi connectivity index (χ2n) is 4.79. The van der Waals surface area contributed by atoms with Crippen LogP contribution < -0.4 is 0 Å². The van der Waals surface area contributed by atoms with Gasteiger partial charge in [0.05, 0.1) is 12.2 Å². The fourth-order valence-corrected chi connectivity index (χ4v) is 2.38. The summed E-state index contributed by atoms with van der Waals surface area (Å²) in [6.07, 6.45) is 2.25. The molecule has 0 saturated carbocycles. The summed E-state index contributed by atoms with van der Waals surface area (Å²) in [5.41, 5.74) is 2.31. The van der Waals surface area contributed by atoms with Crippen molar-refractivity contribution >= 4 is 5.91 Å². The maximum absolute atomic E-state index is 11.6. The molecule has 0 atom stereocenters. The highest BCUT2D eigenvalue weighted by atomic mass is 16.2. The van der Waals surface area contributed by atoms with E-state index >= 15 is 0 Å². The maximum Gasteiger partial charge on any atom is 0.246 e. The Hall–Kier alpha value is -1.58. The molecule has 0 unspecified atom stereocenters. The van der Waals surface area contributed by atoms with Crippen molar-refractivity contribution in [3.63, 3.8) is 0 Å². The Morgan fingerprint density at radius 1 is 1.53 bits per heavy atom. The molecule has 0 bridgehead atoms. The van der Waals surface area contributed by atoms with Crippen molar-refractivity contribution in [1.29, 1.82) is 0 Å². The summed E-state index contributed by atoms with van der Waals surface area (Å²) in [4.78, 5) is 18.0. The molecule has 17 heavy (non-hydrogen) atoms. The van der Waals surface area contributed by atoms with Crippen LogP contribution in [0.5, 0.6) is 0 Å². The monoisotopic (exact) mass is 233 g/mol. The van der Waals surface area contributed by atoms with E-state index in [1.807, 2.05) is 0 Å². The Morgan fingerprint density at radius 2 is 2.24 bits per heavy atom. The minimum Gasteiger partial charge on any atom is -0.334 e. The molecule has 1 aliphatic heterocycles. The van der Waals surface area contributed by atoms with Gasteiger partial charge in [0.25, 0.3) is 0 Å². The van der Waals surface area contributed by atoms with Gasteiger partial charge in [0.15, 0.2) is 0 Å². The van der Waals surface area contributed by atoms with E-state index in [0.29, 0.717) is 12.5 Å². The third-order valence-corrected chi connectivity index (χ3v) is 3.29. The highest BCUT2D eigenvalue weighted by molar-refractivity contribution is 5.87. The molecule has 92 valence electrons. The summed E-state index contributed by atoms with van der Waals surface area (Å²) in [6.45, 7) is 9.18. The maximum atomic E-state index is 11.6. The van der Waals surface area contributed by atoms with Gasteiger partial charge in [0, 0.05) is 31.6 Å². The lowest BCUT2D eigenvalue weighted by molar-refractivity contribution is -0.126. The third kappa shape index (κ3) is 1.99. The van der Waals surface area contributed by atoms with Gasteiger partial charge in [0.1, 0.15) is 5.82 Å². The largest absolute Gasteiger partial charge is 0.334 e. The van der Waals surface area contributed by atoms with Crippen LogP contribution in [0.2, 0.25) is 0 Å². The third-order valence-electron chi connectivity index (χ3n) is 3.29. The molecule has 4 heteroatoms. The van der Waals surface area contributed by atoms with E-state index in [1.54, 1.807) is 4.90 Å². The molecular formula is C13H19N3O. The molecule has 2 rings (SSSR count). The summed E-state index contributed by atoms with van der Waals surface area (Å²) in [6, 6.07) is 0. The molecule has 0 spiro atoms. The molecule has 0 aliphatic carbocycles. The first-order valence-corrected chi connectivity index (χ1v) is 6.00. The standard InChI is InChI=1S/C13H19N3O/c1-5-12(17)16-7-6-11-10(8-16)14-13(9(2)3)15(11)4/h5,9H,1,6-8H2,2-4H3. The van der Waals surface area contributed by atoms with Crippen molar-refractivity contribution < 1.29 is 4.79 Å². The van der Waals surface area contributed by atoms with Crippen LogP contribution in [0.4, 0.5) is 0 Å². The average Bonchev–Trinajstić information content (AvgIpc) is 2.65. The predicted octanol–water partition coefficient (Wildman–Crippen LogP) is 1.61. The molecule has 0 fully saturated rings. The van der Waals surface area contributed by atoms with Crippen molar-refractivity contribution in [2.24, 2.45) is 7.05 Å². The molecule has 2 heterocycles. The van der Waals surface area contributed by atoms with E-state index in [2.05, 4.69) is 37.0 Å². The summed E-state index contributed by atoms with van der Waals surface area (Å²) in [5, 5.41) is 0. The highest BCUT2D eigenvalue weighted by Gasteiger charge is 2.24. The first-order chi connectivity index (χ1) is 8.04. The van der Waals surface area contributed by atoms with Gasteiger partial charge in [-0.1, -0.05) is 20.4 Å². The Kier molecular flexibility index (Phi) is 3.05. The molecule has 0 aromatic carbocycles. The minimum absolute atomic E-state index is 0.00704. The fraction of sp³-hybridized carbons (Fsp3) is 0.538. The number of carbonyl (C=O) groups excluding carboxylic acids is 1. The smallest absolute Gasteiger partial charge is 0.246 e. The summed E-state index contributed by atoms with van der Waals surface area (Å²) in [7, 11) is 2.06. The Balaban J connectivity index is 2.30. The average molecular weight is 233 g/mol. The fourth-order valence-electron chi connectivity index (χ4n) is 2.38.